The van der Waals surface area contributed by atoms with Gasteiger partial charge in [-0.25, -0.2) is 4.79 Å². The number of hydrogen-bond donors (Lipinski definition) is 1. The zero-order chi connectivity index (χ0) is 18.0. The Morgan fingerprint density at radius 2 is 1.92 bits per heavy atom. The fourth-order valence-corrected chi connectivity index (χ4v) is 2.56. The summed E-state index contributed by atoms with van der Waals surface area (Å²) in [5.74, 6) is -0.474. The van der Waals surface area contributed by atoms with Gasteiger partial charge in [-0.3, -0.25) is 0 Å². The summed E-state index contributed by atoms with van der Waals surface area (Å²) in [6.45, 7) is 5.20. The van der Waals surface area contributed by atoms with E-state index in [1.807, 2.05) is 24.3 Å². The number of aromatic nitrogens is 3. The third-order valence-corrected chi connectivity index (χ3v) is 3.81. The molecule has 2 aromatic carbocycles. The number of aromatic hydroxyl groups is 1. The number of carbonyl (C=O) groups excluding carboxylic acids is 1. The van der Waals surface area contributed by atoms with Crippen LogP contribution in [0.3, 0.4) is 0 Å². The molecule has 0 radical (unpaired) electrons. The molecular formula is C18H16ClN3O3. The van der Waals surface area contributed by atoms with Gasteiger partial charge >= 0.3 is 5.97 Å². The Bertz CT molecular complexity index is 932. The van der Waals surface area contributed by atoms with Gasteiger partial charge in [-0.1, -0.05) is 30.3 Å². The number of benzene rings is 2. The molecule has 0 amide bonds. The Morgan fingerprint density at radius 1 is 1.28 bits per heavy atom. The number of halogens is 1. The topological polar surface area (TPSA) is 77.2 Å². The lowest BCUT2D eigenvalue weighted by atomic mass is 10.1. The predicted octanol–water partition coefficient (Wildman–Crippen LogP) is 3.44. The Labute approximate surface area is 149 Å². The van der Waals surface area contributed by atoms with Gasteiger partial charge in [0.05, 0.1) is 6.61 Å². The van der Waals surface area contributed by atoms with Crippen LogP contribution in [0.4, 0.5) is 0 Å². The quantitative estimate of drug-likeness (QED) is 0.559. The van der Waals surface area contributed by atoms with Crippen molar-refractivity contribution in [3.8, 4) is 11.4 Å². The standard InChI is InChI=1S/C18H16ClN3O3/c1-11(2)18(24)25-8-7-12-9-13(19)10-16(17(12)23)22-20-14-5-3-4-6-15(14)21-22/h3-6,9-10,23H,1,7-8H2,2H3. The molecule has 0 aliphatic carbocycles. The average Bonchev–Trinajstić information content (AvgIpc) is 3.01. The third kappa shape index (κ3) is 3.64. The van der Waals surface area contributed by atoms with Crippen LogP contribution in [-0.4, -0.2) is 32.7 Å². The highest BCUT2D eigenvalue weighted by molar-refractivity contribution is 6.30. The fraction of sp³-hybridized carbons (Fsp3) is 0.167. The molecule has 3 rings (SSSR count). The largest absolute Gasteiger partial charge is 0.505 e. The molecule has 0 fully saturated rings. The lowest BCUT2D eigenvalue weighted by Crippen LogP contribution is -2.09. The van der Waals surface area contributed by atoms with E-state index < -0.39 is 5.97 Å². The Balaban J connectivity index is 1.89. The molecule has 128 valence electrons. The van der Waals surface area contributed by atoms with E-state index in [4.69, 9.17) is 16.3 Å². The van der Waals surface area contributed by atoms with Crippen LogP contribution in [0.5, 0.6) is 5.75 Å². The highest BCUT2D eigenvalue weighted by atomic mass is 35.5. The van der Waals surface area contributed by atoms with Crippen LogP contribution < -0.4 is 0 Å². The molecule has 3 aromatic rings. The molecule has 7 heteroatoms. The lowest BCUT2D eigenvalue weighted by Gasteiger charge is -2.10. The maximum Gasteiger partial charge on any atom is 0.333 e. The molecular weight excluding hydrogens is 342 g/mol. The minimum Gasteiger partial charge on any atom is -0.505 e. The molecule has 0 aliphatic rings. The monoisotopic (exact) mass is 357 g/mol. The smallest absolute Gasteiger partial charge is 0.333 e. The number of phenols is 1. The number of phenolic OH excluding ortho intramolecular Hbond substituents is 1. The first-order chi connectivity index (χ1) is 12.0. The molecule has 0 atom stereocenters. The van der Waals surface area contributed by atoms with Crippen LogP contribution in [0.2, 0.25) is 5.02 Å². The van der Waals surface area contributed by atoms with Crippen molar-refractivity contribution >= 4 is 28.6 Å². The first-order valence-electron chi connectivity index (χ1n) is 7.62. The average molecular weight is 358 g/mol. The van der Waals surface area contributed by atoms with E-state index in [0.29, 0.717) is 39.3 Å². The van der Waals surface area contributed by atoms with E-state index in [2.05, 4.69) is 16.8 Å². The van der Waals surface area contributed by atoms with Gasteiger partial charge in [-0.15, -0.1) is 15.0 Å². The summed E-state index contributed by atoms with van der Waals surface area (Å²) in [6.07, 6.45) is 0.305. The molecule has 1 aromatic heterocycles. The maximum absolute atomic E-state index is 11.4. The molecule has 6 nitrogen and oxygen atoms in total. The van der Waals surface area contributed by atoms with Gasteiger partial charge in [0.25, 0.3) is 0 Å². The van der Waals surface area contributed by atoms with Crippen molar-refractivity contribution in [1.29, 1.82) is 0 Å². The predicted molar refractivity (Wildman–Crippen MR) is 95.0 cm³/mol. The second-order valence-electron chi connectivity index (χ2n) is 5.58. The Hall–Kier alpha value is -2.86. The molecule has 25 heavy (non-hydrogen) atoms. The van der Waals surface area contributed by atoms with E-state index in [-0.39, 0.29) is 12.4 Å². The van der Waals surface area contributed by atoms with Crippen LogP contribution in [0, 0.1) is 0 Å². The Morgan fingerprint density at radius 3 is 2.52 bits per heavy atom. The van der Waals surface area contributed by atoms with Crippen molar-refractivity contribution in [2.75, 3.05) is 6.61 Å². The number of rotatable bonds is 5. The van der Waals surface area contributed by atoms with E-state index in [9.17, 15) is 9.90 Å². The van der Waals surface area contributed by atoms with Gasteiger partial charge in [0, 0.05) is 22.6 Å². The SMILES string of the molecule is C=C(C)C(=O)OCCc1cc(Cl)cc(-n2nc3ccccc3n2)c1O. The van der Waals surface area contributed by atoms with E-state index >= 15 is 0 Å². The summed E-state index contributed by atoms with van der Waals surface area (Å²) >= 11 is 6.16. The van der Waals surface area contributed by atoms with Gasteiger partial charge in [0.1, 0.15) is 22.5 Å². The number of nitrogens with zero attached hydrogens (tertiary/aromatic N) is 3. The normalized spacial score (nSPS) is 10.8. The van der Waals surface area contributed by atoms with Crippen molar-refractivity contribution in [1.82, 2.24) is 15.0 Å². The molecule has 0 spiro atoms. The van der Waals surface area contributed by atoms with Gasteiger partial charge in [0.15, 0.2) is 0 Å². The van der Waals surface area contributed by atoms with E-state index in [1.54, 1.807) is 19.1 Å². The maximum atomic E-state index is 11.4. The van der Waals surface area contributed by atoms with Gasteiger partial charge in [-0.2, -0.15) is 0 Å². The van der Waals surface area contributed by atoms with Crippen molar-refractivity contribution in [2.45, 2.75) is 13.3 Å². The number of carbonyl (C=O) groups is 1. The minimum atomic E-state index is -0.471. The van der Waals surface area contributed by atoms with Crippen molar-refractivity contribution < 1.29 is 14.6 Å². The highest BCUT2D eigenvalue weighted by Gasteiger charge is 2.15. The summed E-state index contributed by atoms with van der Waals surface area (Å²) in [5.41, 5.74) is 2.64. The Kier molecular flexibility index (Phi) is 4.72. The van der Waals surface area contributed by atoms with Crippen LogP contribution in [0.25, 0.3) is 16.7 Å². The molecule has 0 aliphatic heterocycles. The number of fused-ring (bicyclic) bond motifs is 1. The minimum absolute atomic E-state index is 0.00363. The van der Waals surface area contributed by atoms with Gasteiger partial charge in [0.2, 0.25) is 0 Å². The summed E-state index contributed by atoms with van der Waals surface area (Å²) in [4.78, 5) is 12.8. The van der Waals surface area contributed by atoms with Crippen molar-refractivity contribution in [2.24, 2.45) is 0 Å². The summed E-state index contributed by atoms with van der Waals surface area (Å²) in [5, 5.41) is 19.7. The molecule has 0 bridgehead atoms. The van der Waals surface area contributed by atoms with Crippen molar-refractivity contribution in [3.63, 3.8) is 0 Å². The third-order valence-electron chi connectivity index (χ3n) is 3.59. The van der Waals surface area contributed by atoms with Crippen LogP contribution in [-0.2, 0) is 16.0 Å². The molecule has 0 unspecified atom stereocenters. The summed E-state index contributed by atoms with van der Waals surface area (Å²) in [6, 6.07) is 10.6. The van der Waals surface area contributed by atoms with Crippen molar-refractivity contribution in [3.05, 3.63) is 59.1 Å². The summed E-state index contributed by atoms with van der Waals surface area (Å²) < 4.78 is 5.07. The summed E-state index contributed by atoms with van der Waals surface area (Å²) in [7, 11) is 0. The van der Waals surface area contributed by atoms with Crippen LogP contribution in [0.1, 0.15) is 12.5 Å². The molecule has 0 saturated heterocycles. The number of ether oxygens (including phenoxy) is 1. The van der Waals surface area contributed by atoms with Crippen LogP contribution >= 0.6 is 11.6 Å². The molecule has 1 heterocycles. The zero-order valence-electron chi connectivity index (χ0n) is 13.6. The second kappa shape index (κ2) is 6.94. The van der Waals surface area contributed by atoms with Gasteiger partial charge in [-0.05, 0) is 31.2 Å². The van der Waals surface area contributed by atoms with Crippen LogP contribution in [0.15, 0.2) is 48.6 Å². The number of esters is 1. The van der Waals surface area contributed by atoms with E-state index in [1.165, 1.54) is 4.80 Å². The first-order valence-corrected chi connectivity index (χ1v) is 8.00. The lowest BCUT2D eigenvalue weighted by molar-refractivity contribution is -0.138. The van der Waals surface area contributed by atoms with Gasteiger partial charge < -0.3 is 9.84 Å². The second-order valence-corrected chi connectivity index (χ2v) is 6.01. The first kappa shape index (κ1) is 17.0. The van der Waals surface area contributed by atoms with E-state index in [0.717, 1.165) is 0 Å². The fourth-order valence-electron chi connectivity index (χ4n) is 2.33. The number of hydrogen-bond acceptors (Lipinski definition) is 5. The highest BCUT2D eigenvalue weighted by Crippen LogP contribution is 2.30. The molecule has 0 saturated carbocycles. The zero-order valence-corrected chi connectivity index (χ0v) is 14.3. The molecule has 1 N–H and O–H groups in total.